The third-order valence-corrected chi connectivity index (χ3v) is 2.55. The van der Waals surface area contributed by atoms with Crippen LogP contribution >= 0.6 is 0 Å². The molecule has 1 aromatic rings. The minimum absolute atomic E-state index is 0.00430. The summed E-state index contributed by atoms with van der Waals surface area (Å²) in [6.07, 6.45) is 1.47. The topological polar surface area (TPSA) is 87.9 Å². The molecule has 1 fully saturated rings. The van der Waals surface area contributed by atoms with Crippen molar-refractivity contribution in [3.63, 3.8) is 0 Å². The molecule has 0 radical (unpaired) electrons. The van der Waals surface area contributed by atoms with Crippen molar-refractivity contribution < 1.29 is 15.2 Å². The SMILES string of the molecule is O=C(c1ncn(CCO)n1)N1CC[NH2+]CC1. The number of aliphatic hydroxyl groups excluding tert-OH is 1. The Morgan fingerprint density at radius 3 is 2.94 bits per heavy atom. The number of aliphatic hydroxyl groups is 1. The summed E-state index contributed by atoms with van der Waals surface area (Å²) in [6, 6.07) is 0. The molecule has 0 atom stereocenters. The standard InChI is InChI=1S/C9H15N5O2/c15-6-5-14-7-11-8(12-14)9(16)13-3-1-10-2-4-13/h7,10,15H,1-6H2/p+1. The van der Waals surface area contributed by atoms with Crippen LogP contribution in [0.2, 0.25) is 0 Å². The van der Waals surface area contributed by atoms with Gasteiger partial charge in [-0.3, -0.25) is 4.79 Å². The van der Waals surface area contributed by atoms with Gasteiger partial charge >= 0.3 is 0 Å². The summed E-state index contributed by atoms with van der Waals surface area (Å²) < 4.78 is 1.48. The summed E-state index contributed by atoms with van der Waals surface area (Å²) >= 11 is 0. The van der Waals surface area contributed by atoms with Crippen molar-refractivity contribution in [1.29, 1.82) is 0 Å². The molecule has 16 heavy (non-hydrogen) atoms. The third-order valence-electron chi connectivity index (χ3n) is 2.55. The van der Waals surface area contributed by atoms with E-state index >= 15 is 0 Å². The van der Waals surface area contributed by atoms with Gasteiger partial charge in [0.2, 0.25) is 5.82 Å². The van der Waals surface area contributed by atoms with Gasteiger partial charge in [0.15, 0.2) is 0 Å². The molecule has 2 heterocycles. The van der Waals surface area contributed by atoms with Crippen LogP contribution in [-0.2, 0) is 6.54 Å². The molecule has 2 rings (SSSR count). The first-order valence-electron chi connectivity index (χ1n) is 5.42. The van der Waals surface area contributed by atoms with E-state index in [2.05, 4.69) is 15.4 Å². The zero-order valence-electron chi connectivity index (χ0n) is 9.04. The fraction of sp³-hybridized carbons (Fsp3) is 0.667. The van der Waals surface area contributed by atoms with Crippen molar-refractivity contribution in [1.82, 2.24) is 19.7 Å². The highest BCUT2D eigenvalue weighted by Gasteiger charge is 2.22. The first-order valence-corrected chi connectivity index (χ1v) is 5.42. The van der Waals surface area contributed by atoms with Gasteiger partial charge in [-0.05, 0) is 0 Å². The summed E-state index contributed by atoms with van der Waals surface area (Å²) in [7, 11) is 0. The van der Waals surface area contributed by atoms with Gasteiger partial charge in [0.1, 0.15) is 6.33 Å². The van der Waals surface area contributed by atoms with Crippen LogP contribution in [0.4, 0.5) is 0 Å². The van der Waals surface area contributed by atoms with Crippen molar-refractivity contribution in [2.24, 2.45) is 0 Å². The molecular weight excluding hydrogens is 210 g/mol. The number of nitrogens with zero attached hydrogens (tertiary/aromatic N) is 4. The number of quaternary nitrogens is 1. The Balaban J connectivity index is 2.01. The molecule has 7 nitrogen and oxygen atoms in total. The van der Waals surface area contributed by atoms with Crippen molar-refractivity contribution in [3.8, 4) is 0 Å². The zero-order chi connectivity index (χ0) is 11.4. The molecule has 1 saturated heterocycles. The predicted octanol–water partition coefficient (Wildman–Crippen LogP) is -2.71. The van der Waals surface area contributed by atoms with Crippen molar-refractivity contribution >= 4 is 5.91 Å². The van der Waals surface area contributed by atoms with E-state index in [1.165, 1.54) is 11.0 Å². The molecule has 1 aliphatic heterocycles. The molecule has 7 heteroatoms. The lowest BCUT2D eigenvalue weighted by Crippen LogP contribution is -2.89. The molecule has 1 aliphatic rings. The first kappa shape index (κ1) is 11.0. The molecule has 3 N–H and O–H groups in total. The second-order valence-corrected chi connectivity index (χ2v) is 3.71. The molecule has 1 aromatic heterocycles. The van der Waals surface area contributed by atoms with Crippen LogP contribution in [-0.4, -0.2) is 63.5 Å². The highest BCUT2D eigenvalue weighted by atomic mass is 16.3. The molecule has 0 aliphatic carbocycles. The number of piperazine rings is 1. The molecule has 0 aromatic carbocycles. The fourth-order valence-corrected chi connectivity index (χ4v) is 1.70. The van der Waals surface area contributed by atoms with Gasteiger partial charge in [-0.25, -0.2) is 9.67 Å². The van der Waals surface area contributed by atoms with Gasteiger partial charge < -0.3 is 15.3 Å². The van der Waals surface area contributed by atoms with E-state index in [4.69, 9.17) is 5.11 Å². The number of hydrogen-bond acceptors (Lipinski definition) is 4. The van der Waals surface area contributed by atoms with E-state index in [-0.39, 0.29) is 18.3 Å². The van der Waals surface area contributed by atoms with Gasteiger partial charge in [-0.2, -0.15) is 0 Å². The van der Waals surface area contributed by atoms with E-state index in [1.807, 2.05) is 0 Å². The number of amides is 1. The van der Waals surface area contributed by atoms with Gasteiger partial charge in [-0.15, -0.1) is 5.10 Å². The highest BCUT2D eigenvalue weighted by Crippen LogP contribution is 1.99. The van der Waals surface area contributed by atoms with Crippen LogP contribution in [0.1, 0.15) is 10.6 Å². The second kappa shape index (κ2) is 5.04. The van der Waals surface area contributed by atoms with Gasteiger partial charge in [0.25, 0.3) is 5.91 Å². The molecule has 0 saturated carbocycles. The summed E-state index contributed by atoms with van der Waals surface area (Å²) in [6.45, 7) is 3.72. The lowest BCUT2D eigenvalue weighted by atomic mass is 10.3. The number of aromatic nitrogens is 3. The fourth-order valence-electron chi connectivity index (χ4n) is 1.70. The molecular formula is C9H16N5O2+. The Labute approximate surface area is 93.1 Å². The Kier molecular flexibility index (Phi) is 3.47. The maximum absolute atomic E-state index is 11.9. The van der Waals surface area contributed by atoms with Crippen LogP contribution < -0.4 is 5.32 Å². The Bertz CT molecular complexity index is 359. The molecule has 1 amide bonds. The molecule has 0 spiro atoms. The maximum atomic E-state index is 11.9. The predicted molar refractivity (Wildman–Crippen MR) is 54.7 cm³/mol. The van der Waals surface area contributed by atoms with Crippen LogP contribution in [0.5, 0.6) is 0 Å². The lowest BCUT2D eigenvalue weighted by Gasteiger charge is -2.23. The van der Waals surface area contributed by atoms with E-state index in [9.17, 15) is 4.79 Å². The Morgan fingerprint density at radius 1 is 1.50 bits per heavy atom. The number of rotatable bonds is 3. The summed E-state index contributed by atoms with van der Waals surface area (Å²) in [5, 5.41) is 14.9. The number of nitrogens with two attached hydrogens (primary N) is 1. The van der Waals surface area contributed by atoms with Crippen molar-refractivity contribution in [2.45, 2.75) is 6.54 Å². The maximum Gasteiger partial charge on any atom is 0.293 e. The molecule has 0 bridgehead atoms. The minimum atomic E-state index is -0.121. The second-order valence-electron chi connectivity index (χ2n) is 3.71. The number of carbonyl (C=O) groups is 1. The Hall–Kier alpha value is -1.47. The molecule has 88 valence electrons. The van der Waals surface area contributed by atoms with E-state index < -0.39 is 0 Å². The zero-order valence-corrected chi connectivity index (χ0v) is 9.04. The monoisotopic (exact) mass is 226 g/mol. The largest absolute Gasteiger partial charge is 0.394 e. The van der Waals surface area contributed by atoms with Gasteiger partial charge in [0.05, 0.1) is 39.3 Å². The van der Waals surface area contributed by atoms with Crippen LogP contribution in [0.25, 0.3) is 0 Å². The average Bonchev–Trinajstić information content (AvgIpc) is 2.78. The smallest absolute Gasteiger partial charge is 0.293 e. The summed E-state index contributed by atoms with van der Waals surface area (Å²) in [5.74, 6) is 0.0974. The normalized spacial score (nSPS) is 16.4. The summed E-state index contributed by atoms with van der Waals surface area (Å²) in [5.41, 5.74) is 0. The third kappa shape index (κ3) is 2.37. The highest BCUT2D eigenvalue weighted by molar-refractivity contribution is 5.90. The van der Waals surface area contributed by atoms with Crippen LogP contribution in [0.15, 0.2) is 6.33 Å². The van der Waals surface area contributed by atoms with E-state index in [0.717, 1.165) is 26.2 Å². The summed E-state index contributed by atoms with van der Waals surface area (Å²) in [4.78, 5) is 17.6. The van der Waals surface area contributed by atoms with Crippen LogP contribution in [0.3, 0.4) is 0 Å². The van der Waals surface area contributed by atoms with Gasteiger partial charge in [-0.1, -0.05) is 0 Å². The van der Waals surface area contributed by atoms with Gasteiger partial charge in [0, 0.05) is 0 Å². The first-order chi connectivity index (χ1) is 7.81. The lowest BCUT2D eigenvalue weighted by molar-refractivity contribution is -0.661. The van der Waals surface area contributed by atoms with Crippen molar-refractivity contribution in [3.05, 3.63) is 12.2 Å². The quantitative estimate of drug-likeness (QED) is 0.586. The number of hydrogen-bond donors (Lipinski definition) is 2. The molecule has 0 unspecified atom stereocenters. The van der Waals surface area contributed by atoms with E-state index in [0.29, 0.717) is 6.54 Å². The number of carbonyl (C=O) groups excluding carboxylic acids is 1. The minimum Gasteiger partial charge on any atom is -0.394 e. The van der Waals surface area contributed by atoms with Crippen LogP contribution in [0, 0.1) is 0 Å². The average molecular weight is 226 g/mol. The van der Waals surface area contributed by atoms with E-state index in [1.54, 1.807) is 4.90 Å². The van der Waals surface area contributed by atoms with Crippen molar-refractivity contribution in [2.75, 3.05) is 32.8 Å². The Morgan fingerprint density at radius 2 is 2.25 bits per heavy atom.